The van der Waals surface area contributed by atoms with Gasteiger partial charge >= 0.3 is 0 Å². The van der Waals surface area contributed by atoms with E-state index in [2.05, 4.69) is 11.8 Å². The maximum absolute atomic E-state index is 10.6. The van der Waals surface area contributed by atoms with Gasteiger partial charge in [-0.3, -0.25) is 10.1 Å². The first kappa shape index (κ1) is 12.8. The number of non-ortho nitro benzene ring substituents is 1. The highest BCUT2D eigenvalue weighted by Gasteiger charge is 2.25. The topological polar surface area (TPSA) is 72.4 Å². The Morgan fingerprint density at radius 3 is 2.67 bits per heavy atom. The molecule has 2 N–H and O–H groups in total. The number of hydrogen-bond donors (Lipinski definition) is 1. The quantitative estimate of drug-likeness (QED) is 0.658. The van der Waals surface area contributed by atoms with Crippen molar-refractivity contribution in [2.75, 3.05) is 18.0 Å². The molecule has 18 heavy (non-hydrogen) atoms. The average Bonchev–Trinajstić information content (AvgIpc) is 2.38. The molecule has 1 aromatic rings. The van der Waals surface area contributed by atoms with Crippen LogP contribution in [0.4, 0.5) is 11.4 Å². The Morgan fingerprint density at radius 1 is 1.44 bits per heavy atom. The van der Waals surface area contributed by atoms with Crippen LogP contribution in [0.1, 0.15) is 19.8 Å². The van der Waals surface area contributed by atoms with Crippen molar-refractivity contribution in [3.63, 3.8) is 0 Å². The number of hydrogen-bond acceptors (Lipinski definition) is 4. The van der Waals surface area contributed by atoms with E-state index in [4.69, 9.17) is 5.73 Å². The lowest BCUT2D eigenvalue weighted by Gasteiger charge is -2.39. The summed E-state index contributed by atoms with van der Waals surface area (Å²) in [6.45, 7) is 3.85. The Hall–Kier alpha value is -1.62. The predicted molar refractivity (Wildman–Crippen MR) is 71.7 cm³/mol. The molecule has 0 aliphatic carbocycles. The van der Waals surface area contributed by atoms with Gasteiger partial charge in [-0.2, -0.15) is 0 Å². The van der Waals surface area contributed by atoms with Gasteiger partial charge in [0.05, 0.1) is 4.92 Å². The van der Waals surface area contributed by atoms with E-state index in [1.807, 2.05) is 12.1 Å². The third kappa shape index (κ3) is 2.61. The minimum atomic E-state index is -0.373. The number of nitro groups is 1. The van der Waals surface area contributed by atoms with Crippen molar-refractivity contribution in [1.29, 1.82) is 0 Å². The van der Waals surface area contributed by atoms with Gasteiger partial charge in [0.2, 0.25) is 0 Å². The fourth-order valence-corrected chi connectivity index (χ4v) is 2.58. The second-order valence-corrected chi connectivity index (χ2v) is 4.99. The van der Waals surface area contributed by atoms with Crippen molar-refractivity contribution in [3.8, 4) is 0 Å². The lowest BCUT2D eigenvalue weighted by molar-refractivity contribution is -0.384. The molecule has 1 heterocycles. The minimum Gasteiger partial charge on any atom is -0.367 e. The van der Waals surface area contributed by atoms with Crippen LogP contribution in [0.25, 0.3) is 0 Å². The Labute approximate surface area is 107 Å². The van der Waals surface area contributed by atoms with Gasteiger partial charge in [-0.05, 0) is 30.9 Å². The van der Waals surface area contributed by atoms with Gasteiger partial charge in [-0.1, -0.05) is 6.92 Å². The molecule has 0 radical (unpaired) electrons. The molecule has 5 heteroatoms. The predicted octanol–water partition coefficient (Wildman–Crippen LogP) is 2.16. The van der Waals surface area contributed by atoms with Gasteiger partial charge in [0.15, 0.2) is 0 Å². The molecule has 1 aliphatic heterocycles. The average molecular weight is 249 g/mol. The van der Waals surface area contributed by atoms with Crippen molar-refractivity contribution in [2.45, 2.75) is 25.8 Å². The summed E-state index contributed by atoms with van der Waals surface area (Å²) in [6.07, 6.45) is 2.24. The third-order valence-electron chi connectivity index (χ3n) is 3.64. The van der Waals surface area contributed by atoms with E-state index in [0.717, 1.165) is 25.1 Å². The van der Waals surface area contributed by atoms with Crippen LogP contribution in [0.5, 0.6) is 0 Å². The van der Waals surface area contributed by atoms with Crippen molar-refractivity contribution < 1.29 is 4.92 Å². The highest BCUT2D eigenvalue weighted by Crippen LogP contribution is 2.28. The van der Waals surface area contributed by atoms with E-state index >= 15 is 0 Å². The van der Waals surface area contributed by atoms with Crippen molar-refractivity contribution in [2.24, 2.45) is 11.7 Å². The van der Waals surface area contributed by atoms with Crippen molar-refractivity contribution in [1.82, 2.24) is 0 Å². The van der Waals surface area contributed by atoms with Crippen LogP contribution in [0.15, 0.2) is 24.3 Å². The third-order valence-corrected chi connectivity index (χ3v) is 3.64. The molecule has 1 fully saturated rings. The van der Waals surface area contributed by atoms with Gasteiger partial charge in [0.1, 0.15) is 0 Å². The molecule has 0 bridgehead atoms. The first-order chi connectivity index (χ1) is 8.61. The van der Waals surface area contributed by atoms with Crippen LogP contribution < -0.4 is 10.6 Å². The molecular weight excluding hydrogens is 230 g/mol. The molecule has 98 valence electrons. The van der Waals surface area contributed by atoms with E-state index in [-0.39, 0.29) is 10.6 Å². The molecule has 2 rings (SSSR count). The first-order valence-corrected chi connectivity index (χ1v) is 6.33. The van der Waals surface area contributed by atoms with Gasteiger partial charge in [-0.15, -0.1) is 0 Å². The Morgan fingerprint density at radius 2 is 2.11 bits per heavy atom. The summed E-state index contributed by atoms with van der Waals surface area (Å²) in [6, 6.07) is 7.09. The highest BCUT2D eigenvalue weighted by atomic mass is 16.6. The second kappa shape index (κ2) is 5.35. The van der Waals surface area contributed by atoms with Gasteiger partial charge in [0.25, 0.3) is 5.69 Å². The van der Waals surface area contributed by atoms with Crippen molar-refractivity contribution >= 4 is 11.4 Å². The molecule has 0 spiro atoms. The van der Waals surface area contributed by atoms with Crippen LogP contribution in [0, 0.1) is 16.0 Å². The van der Waals surface area contributed by atoms with E-state index in [1.165, 1.54) is 0 Å². The van der Waals surface area contributed by atoms with Crippen molar-refractivity contribution in [3.05, 3.63) is 34.4 Å². The summed E-state index contributed by atoms with van der Waals surface area (Å²) < 4.78 is 0. The molecule has 2 atom stereocenters. The zero-order valence-corrected chi connectivity index (χ0v) is 10.6. The van der Waals surface area contributed by atoms with E-state index in [9.17, 15) is 10.1 Å². The molecular formula is C13H19N3O2. The molecule has 1 aliphatic rings. The highest BCUT2D eigenvalue weighted by molar-refractivity contribution is 5.52. The SMILES string of the molecule is CC1CCN(c2ccc([N+](=O)[O-])cc2)C(CN)C1. The normalized spacial score (nSPS) is 24.0. The lowest BCUT2D eigenvalue weighted by Crippen LogP contribution is -2.46. The monoisotopic (exact) mass is 249 g/mol. The van der Waals surface area contributed by atoms with Gasteiger partial charge in [-0.25, -0.2) is 0 Å². The zero-order valence-electron chi connectivity index (χ0n) is 10.6. The summed E-state index contributed by atoms with van der Waals surface area (Å²) in [7, 11) is 0. The molecule has 0 aromatic heterocycles. The van der Waals surface area contributed by atoms with E-state index in [0.29, 0.717) is 18.5 Å². The Kier molecular flexibility index (Phi) is 3.81. The Balaban J connectivity index is 2.17. The molecule has 1 saturated heterocycles. The summed E-state index contributed by atoms with van der Waals surface area (Å²) in [5.41, 5.74) is 6.98. The molecule has 0 amide bonds. The number of anilines is 1. The van der Waals surface area contributed by atoms with Gasteiger partial charge < -0.3 is 10.6 Å². The summed E-state index contributed by atoms with van der Waals surface area (Å²) in [5, 5.41) is 10.6. The first-order valence-electron chi connectivity index (χ1n) is 6.33. The fraction of sp³-hybridized carbons (Fsp3) is 0.538. The lowest BCUT2D eigenvalue weighted by atomic mass is 9.92. The summed E-state index contributed by atoms with van der Waals surface area (Å²) in [5.74, 6) is 0.702. The number of nitrogens with two attached hydrogens (primary N) is 1. The number of nitrogens with zero attached hydrogens (tertiary/aromatic N) is 2. The maximum Gasteiger partial charge on any atom is 0.269 e. The standard InChI is InChI=1S/C13H19N3O2/c1-10-6-7-15(13(8-10)9-14)11-2-4-12(5-3-11)16(17)18/h2-5,10,13H,6-9,14H2,1H3. The van der Waals surface area contributed by atoms with Crippen LogP contribution in [-0.4, -0.2) is 24.1 Å². The van der Waals surface area contributed by atoms with Crippen LogP contribution in [0.2, 0.25) is 0 Å². The van der Waals surface area contributed by atoms with Crippen LogP contribution in [-0.2, 0) is 0 Å². The largest absolute Gasteiger partial charge is 0.367 e. The molecule has 1 aromatic carbocycles. The number of piperidine rings is 1. The second-order valence-electron chi connectivity index (χ2n) is 4.99. The molecule has 5 nitrogen and oxygen atoms in total. The fourth-order valence-electron chi connectivity index (χ4n) is 2.58. The zero-order chi connectivity index (χ0) is 13.1. The van der Waals surface area contributed by atoms with E-state index < -0.39 is 0 Å². The number of benzene rings is 1. The minimum absolute atomic E-state index is 0.133. The maximum atomic E-state index is 10.6. The summed E-state index contributed by atoms with van der Waals surface area (Å²) >= 11 is 0. The van der Waals surface area contributed by atoms with E-state index in [1.54, 1.807) is 12.1 Å². The smallest absolute Gasteiger partial charge is 0.269 e. The Bertz CT molecular complexity index is 419. The summed E-state index contributed by atoms with van der Waals surface area (Å²) in [4.78, 5) is 12.5. The molecule has 0 saturated carbocycles. The molecule has 2 unspecified atom stereocenters. The van der Waals surface area contributed by atoms with Crippen LogP contribution >= 0.6 is 0 Å². The van der Waals surface area contributed by atoms with Crippen LogP contribution in [0.3, 0.4) is 0 Å². The number of nitro benzene ring substituents is 1. The van der Waals surface area contributed by atoms with Gasteiger partial charge in [0, 0.05) is 37.0 Å². The number of rotatable bonds is 3.